The molecule has 0 heterocycles. The van der Waals surface area contributed by atoms with Crippen LogP contribution in [0.1, 0.15) is 37.9 Å². The summed E-state index contributed by atoms with van der Waals surface area (Å²) in [4.78, 5) is 35.2. The summed E-state index contributed by atoms with van der Waals surface area (Å²) in [7, 11) is 0. The number of amides is 1. The van der Waals surface area contributed by atoms with Gasteiger partial charge in [0.15, 0.2) is 6.61 Å². The number of hydrogen-bond donors (Lipinski definition) is 1. The first-order chi connectivity index (χ1) is 14.2. The zero-order valence-electron chi connectivity index (χ0n) is 15.8. The maximum atomic E-state index is 12.4. The average molecular weight is 387 g/mol. The predicted octanol–water partition coefficient (Wildman–Crippen LogP) is 3.76. The van der Waals surface area contributed by atoms with E-state index in [4.69, 9.17) is 4.74 Å². The molecule has 0 fully saturated rings. The third-order valence-corrected chi connectivity index (χ3v) is 4.44. The van der Waals surface area contributed by atoms with Gasteiger partial charge in [-0.15, -0.1) is 0 Å². The third kappa shape index (κ3) is 5.87. The van der Waals surface area contributed by atoms with Crippen molar-refractivity contribution in [1.82, 2.24) is 5.32 Å². The summed E-state index contributed by atoms with van der Waals surface area (Å²) in [5.74, 6) is -0.996. The predicted molar refractivity (Wildman–Crippen MR) is 110 cm³/mol. The van der Waals surface area contributed by atoms with Gasteiger partial charge in [0.25, 0.3) is 5.91 Å². The second-order valence-electron chi connectivity index (χ2n) is 6.54. The maximum Gasteiger partial charge on any atom is 0.338 e. The van der Waals surface area contributed by atoms with Crippen molar-refractivity contribution < 1.29 is 19.1 Å². The van der Waals surface area contributed by atoms with E-state index in [9.17, 15) is 14.4 Å². The number of aldehydes is 1. The lowest BCUT2D eigenvalue weighted by Crippen LogP contribution is -2.33. The molecule has 5 nitrogen and oxygen atoms in total. The van der Waals surface area contributed by atoms with Crippen molar-refractivity contribution in [2.45, 2.75) is 12.5 Å². The Morgan fingerprint density at radius 3 is 2.10 bits per heavy atom. The van der Waals surface area contributed by atoms with Crippen LogP contribution in [0.2, 0.25) is 0 Å². The Balaban J connectivity index is 1.61. The van der Waals surface area contributed by atoms with Crippen molar-refractivity contribution in [3.63, 3.8) is 0 Å². The van der Waals surface area contributed by atoms with Gasteiger partial charge in [-0.25, -0.2) is 4.79 Å². The van der Waals surface area contributed by atoms with Crippen LogP contribution in [-0.2, 0) is 16.0 Å². The van der Waals surface area contributed by atoms with Crippen LogP contribution in [0.5, 0.6) is 0 Å². The van der Waals surface area contributed by atoms with Gasteiger partial charge in [-0.3, -0.25) is 9.59 Å². The molecular weight excluding hydrogens is 366 g/mol. The number of nitrogens with one attached hydrogen (secondary N) is 1. The fraction of sp³-hybridized carbons (Fsp3) is 0.125. The quantitative estimate of drug-likeness (QED) is 0.472. The molecule has 0 saturated carbocycles. The Bertz CT molecular complexity index is 953. The van der Waals surface area contributed by atoms with E-state index < -0.39 is 5.97 Å². The minimum atomic E-state index is -0.614. The summed E-state index contributed by atoms with van der Waals surface area (Å²) in [5.41, 5.74) is 2.81. The molecule has 3 aromatic carbocycles. The number of rotatable bonds is 8. The van der Waals surface area contributed by atoms with E-state index in [1.165, 1.54) is 24.3 Å². The van der Waals surface area contributed by atoms with Crippen LogP contribution in [0.15, 0.2) is 84.9 Å². The molecule has 1 N–H and O–H groups in total. The van der Waals surface area contributed by atoms with E-state index in [2.05, 4.69) is 5.32 Å². The molecule has 0 bridgehead atoms. The average Bonchev–Trinajstić information content (AvgIpc) is 2.78. The summed E-state index contributed by atoms with van der Waals surface area (Å²) < 4.78 is 5.11. The number of hydrogen-bond acceptors (Lipinski definition) is 4. The first-order valence-electron chi connectivity index (χ1n) is 9.26. The normalized spacial score (nSPS) is 11.3. The van der Waals surface area contributed by atoms with E-state index in [-0.39, 0.29) is 24.1 Å². The molecule has 5 heteroatoms. The van der Waals surface area contributed by atoms with Crippen molar-refractivity contribution in [3.05, 3.63) is 107 Å². The number of esters is 1. The van der Waals surface area contributed by atoms with E-state index >= 15 is 0 Å². The summed E-state index contributed by atoms with van der Waals surface area (Å²) in [5, 5.41) is 2.94. The molecule has 3 rings (SSSR count). The molecule has 146 valence electrons. The Labute approximate surface area is 169 Å². The lowest BCUT2D eigenvalue weighted by atomic mass is 9.99. The summed E-state index contributed by atoms with van der Waals surface area (Å²) in [6.45, 7) is -0.383. The van der Waals surface area contributed by atoms with Gasteiger partial charge in [-0.1, -0.05) is 72.8 Å². The van der Waals surface area contributed by atoms with Crippen LogP contribution < -0.4 is 5.32 Å². The van der Waals surface area contributed by atoms with Crippen molar-refractivity contribution >= 4 is 18.2 Å². The van der Waals surface area contributed by atoms with Gasteiger partial charge in [-0.2, -0.15) is 0 Å². The Morgan fingerprint density at radius 2 is 1.48 bits per heavy atom. The van der Waals surface area contributed by atoms with E-state index in [1.807, 2.05) is 60.7 Å². The molecule has 0 spiro atoms. The molecule has 0 unspecified atom stereocenters. The second-order valence-corrected chi connectivity index (χ2v) is 6.54. The summed E-state index contributed by atoms with van der Waals surface area (Å²) in [6, 6.07) is 25.3. The highest BCUT2D eigenvalue weighted by atomic mass is 16.5. The molecule has 0 aliphatic carbocycles. The molecule has 0 aliphatic heterocycles. The molecule has 3 aromatic rings. The minimum Gasteiger partial charge on any atom is -0.452 e. The smallest absolute Gasteiger partial charge is 0.338 e. The van der Waals surface area contributed by atoms with Gasteiger partial charge >= 0.3 is 5.97 Å². The molecule has 0 aromatic heterocycles. The van der Waals surface area contributed by atoms with Crippen LogP contribution >= 0.6 is 0 Å². The molecule has 0 aliphatic rings. The first kappa shape index (κ1) is 20.0. The number of ether oxygens (including phenoxy) is 1. The van der Waals surface area contributed by atoms with Crippen LogP contribution in [0.25, 0.3) is 0 Å². The van der Waals surface area contributed by atoms with Gasteiger partial charge in [-0.05, 0) is 29.7 Å². The Hall–Kier alpha value is -3.73. The second kappa shape index (κ2) is 9.99. The largest absolute Gasteiger partial charge is 0.452 e. The van der Waals surface area contributed by atoms with Crippen molar-refractivity contribution in [3.8, 4) is 0 Å². The zero-order valence-corrected chi connectivity index (χ0v) is 15.8. The highest BCUT2D eigenvalue weighted by Crippen LogP contribution is 2.18. The summed E-state index contributed by atoms with van der Waals surface area (Å²) >= 11 is 0. The standard InChI is InChI=1S/C24H21NO4/c26-16-19-11-13-21(14-12-19)24(28)29-17-23(27)25-22(20-9-5-2-6-10-20)15-18-7-3-1-4-8-18/h1-14,16,22H,15,17H2,(H,25,27)/t22-/m1/s1. The van der Waals surface area contributed by atoms with Gasteiger partial charge in [0, 0.05) is 5.56 Å². The van der Waals surface area contributed by atoms with Crippen LogP contribution in [0.4, 0.5) is 0 Å². The van der Waals surface area contributed by atoms with Crippen LogP contribution in [0.3, 0.4) is 0 Å². The van der Waals surface area contributed by atoms with Gasteiger partial charge in [0.05, 0.1) is 11.6 Å². The SMILES string of the molecule is O=Cc1ccc(C(=O)OCC(=O)N[C@H](Cc2ccccc2)c2ccccc2)cc1. The zero-order chi connectivity index (χ0) is 20.5. The summed E-state index contributed by atoms with van der Waals surface area (Å²) in [6.07, 6.45) is 1.32. The van der Waals surface area contributed by atoms with Crippen molar-refractivity contribution in [2.24, 2.45) is 0 Å². The van der Waals surface area contributed by atoms with Crippen LogP contribution in [0, 0.1) is 0 Å². The van der Waals surface area contributed by atoms with Crippen molar-refractivity contribution in [1.29, 1.82) is 0 Å². The number of carbonyl (C=O) groups excluding carboxylic acids is 3. The molecular formula is C24H21NO4. The van der Waals surface area contributed by atoms with Crippen molar-refractivity contribution in [2.75, 3.05) is 6.61 Å². The minimum absolute atomic E-state index is 0.239. The fourth-order valence-corrected chi connectivity index (χ4v) is 2.94. The molecule has 1 amide bonds. The monoisotopic (exact) mass is 387 g/mol. The lowest BCUT2D eigenvalue weighted by Gasteiger charge is -2.19. The number of carbonyl (C=O) groups is 3. The molecule has 0 radical (unpaired) electrons. The highest BCUT2D eigenvalue weighted by Gasteiger charge is 2.17. The molecule has 0 saturated heterocycles. The number of benzene rings is 3. The first-order valence-corrected chi connectivity index (χ1v) is 9.26. The van der Waals surface area contributed by atoms with Crippen LogP contribution in [-0.4, -0.2) is 24.8 Å². The maximum absolute atomic E-state index is 12.4. The third-order valence-electron chi connectivity index (χ3n) is 4.44. The lowest BCUT2D eigenvalue weighted by molar-refractivity contribution is -0.125. The van der Waals surface area contributed by atoms with Gasteiger partial charge in [0.2, 0.25) is 0 Å². The Morgan fingerprint density at radius 1 is 0.862 bits per heavy atom. The Kier molecular flexibility index (Phi) is 6.90. The van der Waals surface area contributed by atoms with Gasteiger partial charge < -0.3 is 10.1 Å². The van der Waals surface area contributed by atoms with E-state index in [0.29, 0.717) is 18.3 Å². The van der Waals surface area contributed by atoms with E-state index in [0.717, 1.165) is 11.1 Å². The van der Waals surface area contributed by atoms with E-state index in [1.54, 1.807) is 0 Å². The molecule has 29 heavy (non-hydrogen) atoms. The fourth-order valence-electron chi connectivity index (χ4n) is 2.94. The molecule has 1 atom stereocenters. The highest BCUT2D eigenvalue weighted by molar-refractivity contribution is 5.92. The topological polar surface area (TPSA) is 72.5 Å². The van der Waals surface area contributed by atoms with Gasteiger partial charge in [0.1, 0.15) is 6.29 Å².